The molecule has 0 amide bonds. The van der Waals surface area contributed by atoms with Crippen molar-refractivity contribution in [2.24, 2.45) is 34.3 Å². The first-order valence-electron chi connectivity index (χ1n) is 14.3. The molecule has 2 saturated carbocycles. The number of hydrogen-bond acceptors (Lipinski definition) is 3. The van der Waals surface area contributed by atoms with Gasteiger partial charge in [0.1, 0.15) is 0 Å². The van der Waals surface area contributed by atoms with E-state index >= 15 is 0 Å². The van der Waals surface area contributed by atoms with Crippen LogP contribution in [0, 0.1) is 28.6 Å². The third kappa shape index (κ3) is 4.26. The summed E-state index contributed by atoms with van der Waals surface area (Å²) in [6.45, 7) is 9.36. The zero-order valence-corrected chi connectivity index (χ0v) is 22.2. The fourth-order valence-electron chi connectivity index (χ4n) is 8.39. The minimum atomic E-state index is -0.342. The van der Waals surface area contributed by atoms with Crippen LogP contribution in [0.1, 0.15) is 95.6 Å². The maximum Gasteiger partial charge on any atom is 0.169 e. The van der Waals surface area contributed by atoms with Crippen LogP contribution in [0.3, 0.4) is 0 Å². The highest BCUT2D eigenvalue weighted by atomic mass is 16.7. The smallest absolute Gasteiger partial charge is 0.169 e. The minimum Gasteiger partial charge on any atom is -0.349 e. The number of ether oxygens (including phenoxy) is 2. The molecule has 1 aromatic carbocycles. The van der Waals surface area contributed by atoms with Gasteiger partial charge in [-0.15, -0.1) is 0 Å². The van der Waals surface area contributed by atoms with Crippen molar-refractivity contribution in [3.63, 3.8) is 0 Å². The molecule has 0 aromatic heterocycles. The Kier molecular flexibility index (Phi) is 6.06. The largest absolute Gasteiger partial charge is 0.349 e. The molecular formula is C32H45NO2. The van der Waals surface area contributed by atoms with Crippen LogP contribution in [-0.2, 0) is 16.0 Å². The van der Waals surface area contributed by atoms with Gasteiger partial charge in [0.05, 0.1) is 13.2 Å². The Hall–Kier alpha value is -1.42. The van der Waals surface area contributed by atoms with Gasteiger partial charge in [0.2, 0.25) is 0 Å². The predicted octanol–water partition coefficient (Wildman–Crippen LogP) is 7.27. The number of hydrogen-bond donors (Lipinski definition) is 1. The first-order valence-corrected chi connectivity index (χ1v) is 14.3. The summed E-state index contributed by atoms with van der Waals surface area (Å²) in [6.07, 6.45) is 15.9. The first-order chi connectivity index (χ1) is 16.8. The summed E-state index contributed by atoms with van der Waals surface area (Å²) >= 11 is 0. The van der Waals surface area contributed by atoms with Gasteiger partial charge in [-0.05, 0) is 79.2 Å². The summed E-state index contributed by atoms with van der Waals surface area (Å²) in [7, 11) is 0. The Labute approximate surface area is 212 Å². The molecule has 1 saturated heterocycles. The second kappa shape index (κ2) is 8.85. The lowest BCUT2D eigenvalue weighted by molar-refractivity contribution is -0.312. The molecule has 4 aliphatic carbocycles. The quantitative estimate of drug-likeness (QED) is 0.457. The lowest BCUT2D eigenvalue weighted by atomic mass is 9.50. The van der Waals surface area contributed by atoms with Crippen LogP contribution in [0.2, 0.25) is 0 Å². The fourth-order valence-corrected chi connectivity index (χ4v) is 8.39. The van der Waals surface area contributed by atoms with Gasteiger partial charge in [-0.2, -0.15) is 0 Å². The second-order valence-electron chi connectivity index (χ2n) is 13.4. The average molecular weight is 476 g/mol. The number of benzene rings is 1. The highest BCUT2D eigenvalue weighted by Crippen LogP contribution is 2.63. The maximum atomic E-state index is 6.50. The third-order valence-electron chi connectivity index (χ3n) is 10.3. The van der Waals surface area contributed by atoms with Crippen LogP contribution in [0.15, 0.2) is 47.6 Å². The van der Waals surface area contributed by atoms with E-state index in [1.807, 2.05) is 5.57 Å². The molecule has 0 bridgehead atoms. The third-order valence-corrected chi connectivity index (χ3v) is 10.3. The van der Waals surface area contributed by atoms with E-state index in [1.165, 1.54) is 49.7 Å². The van der Waals surface area contributed by atoms with Crippen molar-refractivity contribution < 1.29 is 9.47 Å². The average Bonchev–Trinajstić information content (AvgIpc) is 3.06. The summed E-state index contributed by atoms with van der Waals surface area (Å²) in [6, 6.07) is 9.30. The van der Waals surface area contributed by atoms with Crippen LogP contribution in [0.25, 0.3) is 0 Å². The van der Waals surface area contributed by atoms with E-state index in [2.05, 4.69) is 57.2 Å². The molecule has 3 heteroatoms. The van der Waals surface area contributed by atoms with Gasteiger partial charge >= 0.3 is 0 Å². The van der Waals surface area contributed by atoms with Crippen molar-refractivity contribution >= 4 is 0 Å². The van der Waals surface area contributed by atoms with Crippen molar-refractivity contribution in [1.29, 1.82) is 0 Å². The SMILES string of the molecule is CC1(C)COC2(CCC3=C4C(c5ccc(CN)cc5)CC5(C)CC=CCCC5C4CCC3C2)OC1. The zero-order chi connectivity index (χ0) is 24.3. The molecule has 3 nitrogen and oxygen atoms in total. The number of nitrogens with two attached hydrogens (primary N) is 1. The molecule has 3 fully saturated rings. The lowest BCUT2D eigenvalue weighted by Crippen LogP contribution is -2.52. The zero-order valence-electron chi connectivity index (χ0n) is 22.2. The van der Waals surface area contributed by atoms with E-state index in [1.54, 1.807) is 5.57 Å². The molecule has 2 N–H and O–H groups in total. The van der Waals surface area contributed by atoms with Crippen LogP contribution in [0.4, 0.5) is 0 Å². The van der Waals surface area contributed by atoms with Crippen LogP contribution < -0.4 is 5.73 Å². The van der Waals surface area contributed by atoms with Crippen molar-refractivity contribution in [3.05, 3.63) is 58.7 Å². The van der Waals surface area contributed by atoms with Crippen molar-refractivity contribution in [1.82, 2.24) is 0 Å². The molecule has 35 heavy (non-hydrogen) atoms. The molecule has 6 rings (SSSR count). The summed E-state index contributed by atoms with van der Waals surface area (Å²) in [5, 5.41) is 0. The molecular weight excluding hydrogens is 430 g/mol. The topological polar surface area (TPSA) is 44.5 Å². The Balaban J connectivity index is 1.37. The van der Waals surface area contributed by atoms with Crippen LogP contribution >= 0.6 is 0 Å². The van der Waals surface area contributed by atoms with Crippen molar-refractivity contribution in [2.75, 3.05) is 13.2 Å². The Morgan fingerprint density at radius 1 is 0.943 bits per heavy atom. The molecule has 5 atom stereocenters. The second-order valence-corrected chi connectivity index (χ2v) is 13.4. The summed E-state index contributed by atoms with van der Waals surface area (Å²) in [4.78, 5) is 0. The predicted molar refractivity (Wildman–Crippen MR) is 142 cm³/mol. The number of allylic oxidation sites excluding steroid dienone is 4. The molecule has 5 aliphatic rings. The van der Waals surface area contributed by atoms with E-state index in [4.69, 9.17) is 15.2 Å². The number of fused-ring (bicyclic) bond motifs is 4. The molecule has 1 heterocycles. The van der Waals surface area contributed by atoms with Gasteiger partial charge in [-0.25, -0.2) is 0 Å². The first kappa shape index (κ1) is 23.9. The van der Waals surface area contributed by atoms with E-state index in [-0.39, 0.29) is 11.2 Å². The number of rotatable bonds is 2. The van der Waals surface area contributed by atoms with E-state index in [0.717, 1.165) is 44.3 Å². The molecule has 190 valence electrons. The highest BCUT2D eigenvalue weighted by molar-refractivity contribution is 5.41. The van der Waals surface area contributed by atoms with Gasteiger partial charge < -0.3 is 15.2 Å². The lowest BCUT2D eigenvalue weighted by Gasteiger charge is -2.56. The standard InChI is InChI=1S/C32H45NO2/c1-30(2)20-34-32(35-21-30)16-14-25-24(17-32)12-13-26-28-7-5-4-6-15-31(28,3)18-27(29(25)26)23-10-8-22(19-33)9-11-23/h4,6,8-11,24,26-28H,5,7,12-21,33H2,1-3H3. The van der Waals surface area contributed by atoms with E-state index in [9.17, 15) is 0 Å². The van der Waals surface area contributed by atoms with Crippen LogP contribution in [-0.4, -0.2) is 19.0 Å². The fraction of sp³-hybridized carbons (Fsp3) is 0.688. The Morgan fingerprint density at radius 2 is 1.71 bits per heavy atom. The van der Waals surface area contributed by atoms with Crippen molar-refractivity contribution in [3.8, 4) is 0 Å². The van der Waals surface area contributed by atoms with Crippen LogP contribution in [0.5, 0.6) is 0 Å². The van der Waals surface area contributed by atoms with E-state index < -0.39 is 0 Å². The Morgan fingerprint density at radius 3 is 2.46 bits per heavy atom. The molecule has 1 aromatic rings. The van der Waals surface area contributed by atoms with Gasteiger partial charge in [0.25, 0.3) is 0 Å². The molecule has 5 unspecified atom stereocenters. The monoisotopic (exact) mass is 475 g/mol. The Bertz CT molecular complexity index is 995. The summed E-state index contributed by atoms with van der Waals surface area (Å²) in [5.41, 5.74) is 12.8. The molecule has 1 aliphatic heterocycles. The normalized spacial score (nSPS) is 37.8. The van der Waals surface area contributed by atoms with Crippen molar-refractivity contribution in [2.45, 2.75) is 96.8 Å². The molecule has 0 radical (unpaired) electrons. The van der Waals surface area contributed by atoms with Gasteiger partial charge in [-0.3, -0.25) is 0 Å². The summed E-state index contributed by atoms with van der Waals surface area (Å²) < 4.78 is 13.0. The molecule has 1 spiro atoms. The minimum absolute atomic E-state index is 0.129. The maximum absolute atomic E-state index is 6.50. The summed E-state index contributed by atoms with van der Waals surface area (Å²) in [5.74, 6) is 2.36. The highest BCUT2D eigenvalue weighted by Gasteiger charge is 2.53. The van der Waals surface area contributed by atoms with Gasteiger partial charge in [0.15, 0.2) is 5.79 Å². The van der Waals surface area contributed by atoms with Gasteiger partial charge in [-0.1, -0.05) is 68.3 Å². The van der Waals surface area contributed by atoms with Gasteiger partial charge in [0, 0.05) is 30.7 Å². The van der Waals surface area contributed by atoms with E-state index in [0.29, 0.717) is 23.8 Å².